The topological polar surface area (TPSA) is 53.3 Å². The van der Waals surface area contributed by atoms with E-state index >= 15 is 0 Å². The number of nitrogens with zero attached hydrogens (tertiary/aromatic N) is 2. The van der Waals surface area contributed by atoms with Crippen LogP contribution in [-0.4, -0.2) is 20.1 Å². The highest BCUT2D eigenvalue weighted by molar-refractivity contribution is 6.31. The summed E-state index contributed by atoms with van der Waals surface area (Å²) in [6, 6.07) is 13.0. The summed E-state index contributed by atoms with van der Waals surface area (Å²) < 4.78 is 18.1. The minimum atomic E-state index is -0.764. The molecule has 0 N–H and O–H groups in total. The first-order chi connectivity index (χ1) is 11.9. The Morgan fingerprint density at radius 2 is 1.96 bits per heavy atom. The molecule has 2 aromatic rings. The summed E-state index contributed by atoms with van der Waals surface area (Å²) in [5, 5.41) is 9.35. The van der Waals surface area contributed by atoms with Crippen LogP contribution in [-0.2, 0) is 16.1 Å². The molecular formula is C19H16ClFN2O2. The predicted octanol–water partition coefficient (Wildman–Crippen LogP) is 4.20. The molecule has 25 heavy (non-hydrogen) atoms. The predicted molar refractivity (Wildman–Crippen MR) is 95.6 cm³/mol. The number of carbonyl (C=O) groups excluding carboxylic acids is 1. The number of hydrogen-bond donors (Lipinski definition) is 0. The molecule has 0 amide bonds. The van der Waals surface area contributed by atoms with Crippen LogP contribution in [0.25, 0.3) is 6.08 Å². The van der Waals surface area contributed by atoms with Crippen molar-refractivity contribution in [3.63, 3.8) is 0 Å². The quantitative estimate of drug-likeness (QED) is 0.456. The molecule has 0 saturated carbocycles. The van der Waals surface area contributed by atoms with Crippen LogP contribution in [0.1, 0.15) is 11.1 Å². The van der Waals surface area contributed by atoms with E-state index in [4.69, 9.17) is 16.3 Å². The van der Waals surface area contributed by atoms with Crippen molar-refractivity contribution in [2.75, 3.05) is 19.0 Å². The van der Waals surface area contributed by atoms with E-state index in [0.717, 1.165) is 11.8 Å². The minimum absolute atomic E-state index is 0.129. The van der Waals surface area contributed by atoms with Gasteiger partial charge in [0.05, 0.1) is 5.02 Å². The lowest BCUT2D eigenvalue weighted by Crippen LogP contribution is -2.08. The van der Waals surface area contributed by atoms with Gasteiger partial charge >= 0.3 is 5.97 Å². The maximum absolute atomic E-state index is 13.0. The summed E-state index contributed by atoms with van der Waals surface area (Å²) in [4.78, 5) is 14.0. The number of hydrogen-bond acceptors (Lipinski definition) is 4. The van der Waals surface area contributed by atoms with E-state index in [2.05, 4.69) is 0 Å². The van der Waals surface area contributed by atoms with Crippen molar-refractivity contribution in [3.05, 3.63) is 70.0 Å². The Morgan fingerprint density at radius 1 is 1.28 bits per heavy atom. The molecular weight excluding hydrogens is 343 g/mol. The Hall–Kier alpha value is -2.84. The molecule has 6 heteroatoms. The van der Waals surface area contributed by atoms with Crippen molar-refractivity contribution >= 4 is 29.3 Å². The van der Waals surface area contributed by atoms with Gasteiger partial charge in [-0.3, -0.25) is 0 Å². The first-order valence-electron chi connectivity index (χ1n) is 7.41. The fraction of sp³-hybridized carbons (Fsp3) is 0.158. The number of esters is 1. The fourth-order valence-corrected chi connectivity index (χ4v) is 2.25. The molecule has 0 spiro atoms. The van der Waals surface area contributed by atoms with Gasteiger partial charge in [0.1, 0.15) is 24.1 Å². The monoisotopic (exact) mass is 358 g/mol. The van der Waals surface area contributed by atoms with Gasteiger partial charge in [0, 0.05) is 25.3 Å². The van der Waals surface area contributed by atoms with Gasteiger partial charge in [-0.05, 0) is 35.9 Å². The second-order valence-corrected chi connectivity index (χ2v) is 5.87. The van der Waals surface area contributed by atoms with Gasteiger partial charge in [0.25, 0.3) is 0 Å². The van der Waals surface area contributed by atoms with E-state index in [1.807, 2.05) is 37.2 Å². The zero-order valence-electron chi connectivity index (χ0n) is 13.8. The Bertz CT molecular complexity index is 839. The van der Waals surface area contributed by atoms with Gasteiger partial charge in [-0.1, -0.05) is 29.8 Å². The SMILES string of the molecule is CN(C)c1ccc(/C=C(\C#N)C(=O)OCc2ccc(F)cc2Cl)cc1. The average Bonchev–Trinajstić information content (AvgIpc) is 2.59. The molecule has 0 unspecified atom stereocenters. The highest BCUT2D eigenvalue weighted by atomic mass is 35.5. The third-order valence-corrected chi connectivity index (χ3v) is 3.79. The summed E-state index contributed by atoms with van der Waals surface area (Å²) in [5.74, 6) is -1.24. The normalized spacial score (nSPS) is 10.9. The highest BCUT2D eigenvalue weighted by Gasteiger charge is 2.12. The molecule has 0 saturated heterocycles. The number of anilines is 1. The summed E-state index contributed by atoms with van der Waals surface area (Å²) in [7, 11) is 3.84. The van der Waals surface area contributed by atoms with Crippen LogP contribution < -0.4 is 4.90 Å². The summed E-state index contributed by atoms with van der Waals surface area (Å²) >= 11 is 5.88. The molecule has 0 heterocycles. The molecule has 4 nitrogen and oxygen atoms in total. The van der Waals surface area contributed by atoms with Gasteiger partial charge in [-0.2, -0.15) is 5.26 Å². The molecule has 0 aliphatic rings. The number of nitriles is 1. The van der Waals surface area contributed by atoms with Gasteiger partial charge in [-0.25, -0.2) is 9.18 Å². The average molecular weight is 359 g/mol. The van der Waals surface area contributed by atoms with Crippen LogP contribution in [0, 0.1) is 17.1 Å². The highest BCUT2D eigenvalue weighted by Crippen LogP contribution is 2.19. The number of benzene rings is 2. The van der Waals surface area contributed by atoms with Crippen molar-refractivity contribution < 1.29 is 13.9 Å². The van der Waals surface area contributed by atoms with Crippen LogP contribution in [0.4, 0.5) is 10.1 Å². The molecule has 0 aliphatic carbocycles. The Labute approximate surface area is 150 Å². The second-order valence-electron chi connectivity index (χ2n) is 5.47. The summed E-state index contributed by atoms with van der Waals surface area (Å²) in [6.07, 6.45) is 1.45. The third kappa shape index (κ3) is 5.07. The third-order valence-electron chi connectivity index (χ3n) is 3.43. The molecule has 0 aromatic heterocycles. The van der Waals surface area contributed by atoms with Crippen LogP contribution in [0.5, 0.6) is 0 Å². The molecule has 0 atom stereocenters. The van der Waals surface area contributed by atoms with Crippen molar-refractivity contribution in [1.82, 2.24) is 0 Å². The standard InChI is InChI=1S/C19H16ClFN2O2/c1-23(2)17-7-3-13(4-8-17)9-15(11-22)19(24)25-12-14-5-6-16(21)10-18(14)20/h3-10H,12H2,1-2H3/b15-9+. The number of ether oxygens (including phenoxy) is 1. The largest absolute Gasteiger partial charge is 0.457 e. The molecule has 128 valence electrons. The lowest BCUT2D eigenvalue weighted by Gasteiger charge is -2.11. The Balaban J connectivity index is 2.08. The van der Waals surface area contributed by atoms with Crippen LogP contribution in [0.3, 0.4) is 0 Å². The number of halogens is 2. The maximum atomic E-state index is 13.0. The lowest BCUT2D eigenvalue weighted by atomic mass is 10.1. The first kappa shape index (κ1) is 18.5. The summed E-state index contributed by atoms with van der Waals surface area (Å²) in [6.45, 7) is -0.142. The van der Waals surface area contributed by atoms with E-state index in [0.29, 0.717) is 11.1 Å². The van der Waals surface area contributed by atoms with E-state index in [9.17, 15) is 14.4 Å². The zero-order chi connectivity index (χ0) is 18.4. The summed E-state index contributed by atoms with van der Waals surface area (Å²) in [5.41, 5.74) is 2.04. The minimum Gasteiger partial charge on any atom is -0.457 e. The van der Waals surface area contributed by atoms with Crippen molar-refractivity contribution in [2.24, 2.45) is 0 Å². The van der Waals surface area contributed by atoms with E-state index in [1.54, 1.807) is 12.1 Å². The molecule has 0 fully saturated rings. The van der Waals surface area contributed by atoms with Gasteiger partial charge in [0.15, 0.2) is 0 Å². The van der Waals surface area contributed by atoms with Gasteiger partial charge in [0.2, 0.25) is 0 Å². The van der Waals surface area contributed by atoms with E-state index in [-0.39, 0.29) is 17.2 Å². The van der Waals surface area contributed by atoms with Crippen molar-refractivity contribution in [3.8, 4) is 6.07 Å². The van der Waals surface area contributed by atoms with Crippen molar-refractivity contribution in [1.29, 1.82) is 5.26 Å². The van der Waals surface area contributed by atoms with Crippen LogP contribution >= 0.6 is 11.6 Å². The smallest absolute Gasteiger partial charge is 0.349 e. The fourth-order valence-electron chi connectivity index (χ4n) is 2.03. The van der Waals surface area contributed by atoms with E-state index in [1.165, 1.54) is 18.2 Å². The number of rotatable bonds is 5. The van der Waals surface area contributed by atoms with Crippen LogP contribution in [0.2, 0.25) is 5.02 Å². The first-order valence-corrected chi connectivity index (χ1v) is 7.78. The zero-order valence-corrected chi connectivity index (χ0v) is 14.5. The van der Waals surface area contributed by atoms with Crippen LogP contribution in [0.15, 0.2) is 48.0 Å². The molecule has 0 radical (unpaired) electrons. The lowest BCUT2D eigenvalue weighted by molar-refractivity contribution is -0.139. The second kappa shape index (κ2) is 8.32. The molecule has 0 bridgehead atoms. The Morgan fingerprint density at radius 3 is 2.52 bits per heavy atom. The van der Waals surface area contributed by atoms with E-state index < -0.39 is 11.8 Å². The Kier molecular flexibility index (Phi) is 6.15. The van der Waals surface area contributed by atoms with Gasteiger partial charge < -0.3 is 9.64 Å². The molecule has 2 rings (SSSR count). The maximum Gasteiger partial charge on any atom is 0.349 e. The number of carbonyl (C=O) groups is 1. The molecule has 0 aliphatic heterocycles. The van der Waals surface area contributed by atoms with Gasteiger partial charge in [-0.15, -0.1) is 0 Å². The van der Waals surface area contributed by atoms with Crippen molar-refractivity contribution in [2.45, 2.75) is 6.61 Å². The molecule has 2 aromatic carbocycles.